The van der Waals surface area contributed by atoms with Crippen LogP contribution in [0.3, 0.4) is 0 Å². The summed E-state index contributed by atoms with van der Waals surface area (Å²) in [6.45, 7) is 32.0. The topological polar surface area (TPSA) is 135 Å². The second-order valence-corrected chi connectivity index (χ2v) is 31.0. The van der Waals surface area contributed by atoms with Crippen LogP contribution < -0.4 is 22.0 Å². The zero-order chi connectivity index (χ0) is 41.8. The van der Waals surface area contributed by atoms with Gasteiger partial charge in [0.25, 0.3) is 11.1 Å². The van der Waals surface area contributed by atoms with Crippen LogP contribution in [0.15, 0.2) is 34.4 Å². The predicted octanol–water partition coefficient (Wildman–Crippen LogP) is 4.69. The minimum atomic E-state index is -1.16. The maximum Gasteiger partial charge on any atom is 0.497 e. The van der Waals surface area contributed by atoms with Gasteiger partial charge in [0.05, 0.1) is 28.6 Å². The fourth-order valence-electron chi connectivity index (χ4n) is 6.17. The van der Waals surface area contributed by atoms with Crippen LogP contribution in [0.1, 0.15) is 55.4 Å². The summed E-state index contributed by atoms with van der Waals surface area (Å²) in [4.78, 5) is 25.4. The maximum atomic E-state index is 12.8. The van der Waals surface area contributed by atoms with Crippen molar-refractivity contribution in [1.29, 1.82) is 0 Å². The quantitative estimate of drug-likeness (QED) is 0.147. The first-order valence-corrected chi connectivity index (χ1v) is 27.0. The molecule has 6 heterocycles. The molecule has 14 nitrogen and oxygen atoms in total. The Morgan fingerprint density at radius 3 is 1.54 bits per heavy atom. The minimum Gasteiger partial charge on any atom is -0.399 e. The second-order valence-electron chi connectivity index (χ2n) is 19.7. The van der Waals surface area contributed by atoms with Crippen LogP contribution in [0.5, 0.6) is 0 Å². The van der Waals surface area contributed by atoms with Crippen molar-refractivity contribution in [3.05, 3.63) is 45.5 Å². The Morgan fingerprint density at radius 2 is 1.07 bits per heavy atom. The Labute approximate surface area is 334 Å². The van der Waals surface area contributed by atoms with Crippen LogP contribution >= 0.6 is 0 Å². The van der Waals surface area contributed by atoms with Gasteiger partial charge < -0.3 is 37.2 Å². The average Bonchev–Trinajstić information content (AvgIpc) is 3.78. The van der Waals surface area contributed by atoms with Crippen LogP contribution in [-0.2, 0) is 55.6 Å². The van der Waals surface area contributed by atoms with Crippen molar-refractivity contribution in [3.63, 3.8) is 0 Å². The maximum absolute atomic E-state index is 12.8. The smallest absolute Gasteiger partial charge is 0.399 e. The van der Waals surface area contributed by atoms with Crippen LogP contribution in [0.4, 0.5) is 0 Å². The lowest BCUT2D eigenvalue weighted by Crippen LogP contribution is -2.41. The van der Waals surface area contributed by atoms with E-state index in [9.17, 15) is 9.59 Å². The molecular weight excluding hydrogens is 746 g/mol. The summed E-state index contributed by atoms with van der Waals surface area (Å²) in [7, 11) is 0.0565. The highest BCUT2D eigenvalue weighted by Crippen LogP contribution is 2.38. The van der Waals surface area contributed by atoms with Crippen LogP contribution in [0, 0.1) is 0 Å². The number of nitrogens with zero attached hydrogens (tertiary/aromatic N) is 6. The highest BCUT2D eigenvalue weighted by atomic mass is 28.3. The summed E-state index contributed by atoms with van der Waals surface area (Å²) in [5.74, 6) is 0. The number of hydrogen-bond donors (Lipinski definition) is 0. The Kier molecular flexibility index (Phi) is 12.4. The van der Waals surface area contributed by atoms with E-state index in [1.54, 1.807) is 46.6 Å². The fourth-order valence-corrected chi connectivity index (χ4v) is 7.68. The third-order valence-corrected chi connectivity index (χ3v) is 14.8. The van der Waals surface area contributed by atoms with E-state index in [-0.39, 0.29) is 17.8 Å². The van der Waals surface area contributed by atoms with Gasteiger partial charge in [-0.15, -0.1) is 0 Å². The SMILES string of the molecule is Cn1cc(B2OC(C)(C)C(C)(C)O2)c2cn(COCC[Si](C)(C)C)nc2c1=O.Cn1cc(B2OC(C)(C)C(C)(C)O2)c2cnn(COCC[Si](C)(C)C)c2c1=O. The summed E-state index contributed by atoms with van der Waals surface area (Å²) in [5, 5.41) is 10.4. The Morgan fingerprint density at radius 1 is 0.643 bits per heavy atom. The lowest BCUT2D eigenvalue weighted by Gasteiger charge is -2.32. The highest BCUT2D eigenvalue weighted by Gasteiger charge is 2.53. The van der Waals surface area contributed by atoms with Crippen molar-refractivity contribution >= 4 is 63.1 Å². The van der Waals surface area contributed by atoms with Gasteiger partial charge in [-0.25, -0.2) is 9.36 Å². The Balaban J connectivity index is 0.000000214. The molecule has 2 aliphatic heterocycles. The molecule has 0 atom stereocenters. The molecule has 0 N–H and O–H groups in total. The average molecular weight is 811 g/mol. The lowest BCUT2D eigenvalue weighted by molar-refractivity contribution is 0.00578. The largest absolute Gasteiger partial charge is 0.497 e. The van der Waals surface area contributed by atoms with E-state index in [1.807, 2.05) is 61.6 Å². The van der Waals surface area contributed by atoms with Gasteiger partial charge >= 0.3 is 14.2 Å². The summed E-state index contributed by atoms with van der Waals surface area (Å²) < 4.78 is 42.8. The number of aryl methyl sites for hydroxylation is 2. The monoisotopic (exact) mass is 810 g/mol. The Bertz CT molecular complexity index is 2090. The van der Waals surface area contributed by atoms with Gasteiger partial charge in [-0.05, 0) is 67.5 Å². The van der Waals surface area contributed by atoms with E-state index in [0.29, 0.717) is 31.0 Å². The molecule has 2 fully saturated rings. The van der Waals surface area contributed by atoms with Crippen LogP contribution in [0.2, 0.25) is 51.4 Å². The van der Waals surface area contributed by atoms with Gasteiger partial charge in [0.15, 0.2) is 5.52 Å². The van der Waals surface area contributed by atoms with Crippen molar-refractivity contribution in [2.24, 2.45) is 14.1 Å². The van der Waals surface area contributed by atoms with Crippen LogP contribution in [0.25, 0.3) is 21.8 Å². The van der Waals surface area contributed by atoms with Gasteiger partial charge in [-0.2, -0.15) is 10.2 Å². The molecule has 0 spiro atoms. The third kappa shape index (κ3) is 9.54. The first-order valence-electron chi connectivity index (χ1n) is 19.6. The first-order chi connectivity index (χ1) is 25.6. The lowest BCUT2D eigenvalue weighted by atomic mass is 9.78. The number of aromatic nitrogens is 6. The molecule has 0 bridgehead atoms. The number of pyridine rings is 2. The van der Waals surface area contributed by atoms with Gasteiger partial charge in [0.1, 0.15) is 19.0 Å². The molecule has 0 saturated carbocycles. The molecule has 4 aromatic rings. The summed E-state index contributed by atoms with van der Waals surface area (Å²) in [6, 6.07) is 2.16. The van der Waals surface area contributed by atoms with E-state index in [2.05, 4.69) is 49.5 Å². The van der Waals surface area contributed by atoms with Crippen LogP contribution in [-0.4, -0.2) is 94.7 Å². The van der Waals surface area contributed by atoms with Gasteiger partial charge in [-0.3, -0.25) is 9.59 Å². The van der Waals surface area contributed by atoms with E-state index in [4.69, 9.17) is 28.1 Å². The summed E-state index contributed by atoms with van der Waals surface area (Å²) in [5.41, 5.74) is 0.490. The van der Waals surface area contributed by atoms with E-state index in [1.165, 1.54) is 4.57 Å². The zero-order valence-electron chi connectivity index (χ0n) is 36.7. The molecule has 6 rings (SSSR count). The molecule has 0 unspecified atom stereocenters. The summed E-state index contributed by atoms with van der Waals surface area (Å²) in [6.07, 6.45) is 7.13. The minimum absolute atomic E-state index is 0.110. The molecule has 0 aromatic carbocycles. The number of hydrogen-bond acceptors (Lipinski definition) is 10. The van der Waals surface area contributed by atoms with Gasteiger partial charge in [0, 0.05) is 83.7 Å². The summed E-state index contributed by atoms with van der Waals surface area (Å²) >= 11 is 0. The normalized spacial score (nSPS) is 18.9. The number of fused-ring (bicyclic) bond motifs is 2. The van der Waals surface area contributed by atoms with E-state index < -0.39 is 52.8 Å². The zero-order valence-corrected chi connectivity index (χ0v) is 38.7. The van der Waals surface area contributed by atoms with E-state index >= 15 is 0 Å². The third-order valence-electron chi connectivity index (χ3n) is 11.4. The molecule has 56 heavy (non-hydrogen) atoms. The molecule has 0 radical (unpaired) electrons. The predicted molar refractivity (Wildman–Crippen MR) is 230 cm³/mol. The molecular formula is C38H64B2N6O8Si2. The fraction of sp³-hybridized carbons (Fsp3) is 0.684. The molecule has 0 amide bonds. The van der Waals surface area contributed by atoms with Gasteiger partial charge in [-0.1, -0.05) is 39.3 Å². The highest BCUT2D eigenvalue weighted by molar-refractivity contribution is 6.76. The number of rotatable bonds is 12. The van der Waals surface area contributed by atoms with Crippen molar-refractivity contribution in [3.8, 4) is 0 Å². The van der Waals surface area contributed by atoms with Crippen molar-refractivity contribution < 1.29 is 28.1 Å². The standard InChI is InChI=1S/2C19H32BN3O4Si/c1-18(2)19(3,4)27-20(26-18)15-12-22(5)17(24)16-14(15)11-23(21-16)13-25-9-10-28(6,7)8;1-18(2)19(3,4)27-20(26-18)15-12-22(5)17(24)16-14(15)11-21-23(16)13-25-9-10-28(6,7)8/h2*11-12H,9-10,13H2,1-8H3. The molecule has 0 aliphatic carbocycles. The van der Waals surface area contributed by atoms with Crippen molar-refractivity contribution in [2.45, 2.75) is 143 Å². The number of ether oxygens (including phenoxy) is 2. The molecule has 308 valence electrons. The molecule has 4 aromatic heterocycles. The Hall–Kier alpha value is -2.84. The molecule has 2 aliphatic rings. The molecule has 18 heteroatoms. The molecule has 2 saturated heterocycles. The van der Waals surface area contributed by atoms with Gasteiger partial charge in [0.2, 0.25) is 0 Å². The van der Waals surface area contributed by atoms with E-state index in [0.717, 1.165) is 33.8 Å². The second kappa shape index (κ2) is 15.7. The van der Waals surface area contributed by atoms with Crippen molar-refractivity contribution in [2.75, 3.05) is 13.2 Å². The van der Waals surface area contributed by atoms with Crippen molar-refractivity contribution in [1.82, 2.24) is 28.7 Å². The first kappa shape index (κ1) is 44.3.